The second-order valence-electron chi connectivity index (χ2n) is 7.93. The highest BCUT2D eigenvalue weighted by atomic mass is 32.1. The Balaban J connectivity index is 1.71. The van der Waals surface area contributed by atoms with Gasteiger partial charge in [0.2, 0.25) is 0 Å². The number of rotatable bonds is 5. The fourth-order valence-corrected chi connectivity index (χ4v) is 5.58. The number of benzene rings is 1. The second kappa shape index (κ2) is 8.64. The summed E-state index contributed by atoms with van der Waals surface area (Å²) < 4.78 is 5.38. The summed E-state index contributed by atoms with van der Waals surface area (Å²) in [5.74, 6) is -0.575. The van der Waals surface area contributed by atoms with Crippen LogP contribution in [-0.4, -0.2) is 43.0 Å². The van der Waals surface area contributed by atoms with E-state index in [0.29, 0.717) is 48.5 Å². The Kier molecular flexibility index (Phi) is 5.92. The molecule has 3 N–H and O–H groups in total. The van der Waals surface area contributed by atoms with E-state index in [2.05, 4.69) is 12.2 Å². The van der Waals surface area contributed by atoms with Crippen LogP contribution in [0, 0.1) is 16.0 Å². The van der Waals surface area contributed by atoms with E-state index in [1.165, 1.54) is 23.5 Å². The van der Waals surface area contributed by atoms with Gasteiger partial charge in [0.1, 0.15) is 5.00 Å². The largest absolute Gasteiger partial charge is 0.378 e. The number of amides is 2. The van der Waals surface area contributed by atoms with Crippen molar-refractivity contribution in [3.63, 3.8) is 0 Å². The van der Waals surface area contributed by atoms with E-state index >= 15 is 0 Å². The summed E-state index contributed by atoms with van der Waals surface area (Å²) >= 11 is 1.37. The zero-order valence-electron chi connectivity index (χ0n) is 17.2. The maximum Gasteiger partial charge on any atom is 0.270 e. The third-order valence-corrected chi connectivity index (χ3v) is 6.94. The molecule has 2 aliphatic rings. The number of carbonyl (C=O) groups is 2. The lowest BCUT2D eigenvalue weighted by Gasteiger charge is -2.30. The number of nitrogens with zero attached hydrogens (tertiary/aromatic N) is 2. The quantitative estimate of drug-likeness (QED) is 0.539. The summed E-state index contributed by atoms with van der Waals surface area (Å²) in [6.07, 6.45) is 2.55. The zero-order valence-corrected chi connectivity index (χ0v) is 18.0. The number of nitrogens with two attached hydrogens (primary N) is 1. The van der Waals surface area contributed by atoms with E-state index in [4.69, 9.17) is 10.5 Å². The molecule has 10 heteroatoms. The fraction of sp³-hybridized carbons (Fsp3) is 0.429. The summed E-state index contributed by atoms with van der Waals surface area (Å²) in [6.45, 7) is 4.34. The minimum atomic E-state index is -0.574. The van der Waals surface area contributed by atoms with Gasteiger partial charge in [-0.15, -0.1) is 11.3 Å². The van der Waals surface area contributed by atoms with E-state index in [-0.39, 0.29) is 11.3 Å². The van der Waals surface area contributed by atoms with Crippen molar-refractivity contribution in [2.45, 2.75) is 26.2 Å². The average Bonchev–Trinajstić information content (AvgIpc) is 3.10. The fourth-order valence-electron chi connectivity index (χ4n) is 4.17. The smallest absolute Gasteiger partial charge is 0.270 e. The van der Waals surface area contributed by atoms with E-state index in [0.717, 1.165) is 29.7 Å². The number of carbonyl (C=O) groups excluding carboxylic acids is 2. The molecule has 1 unspecified atom stereocenters. The first-order chi connectivity index (χ1) is 14.8. The number of primary amides is 1. The van der Waals surface area contributed by atoms with Gasteiger partial charge in [0, 0.05) is 30.1 Å². The number of ether oxygens (including phenoxy) is 1. The molecular formula is C21H24N4O5S. The van der Waals surface area contributed by atoms with E-state index in [9.17, 15) is 19.7 Å². The molecule has 0 saturated carbocycles. The van der Waals surface area contributed by atoms with Crippen molar-refractivity contribution in [3.05, 3.63) is 49.9 Å². The molecule has 1 aromatic carbocycles. The van der Waals surface area contributed by atoms with E-state index < -0.39 is 16.7 Å². The van der Waals surface area contributed by atoms with Crippen molar-refractivity contribution in [1.82, 2.24) is 0 Å². The Hall–Kier alpha value is -2.98. The predicted octanol–water partition coefficient (Wildman–Crippen LogP) is 2.97. The molecule has 0 bridgehead atoms. The van der Waals surface area contributed by atoms with Gasteiger partial charge in [0.15, 0.2) is 0 Å². The maximum absolute atomic E-state index is 13.3. The molecule has 0 spiro atoms. The van der Waals surface area contributed by atoms with Crippen LogP contribution >= 0.6 is 11.3 Å². The van der Waals surface area contributed by atoms with Crippen LogP contribution in [0.3, 0.4) is 0 Å². The Bertz CT molecular complexity index is 1040. The lowest BCUT2D eigenvalue weighted by molar-refractivity contribution is -0.384. The lowest BCUT2D eigenvalue weighted by atomic mass is 9.88. The van der Waals surface area contributed by atoms with Gasteiger partial charge in [-0.1, -0.05) is 6.92 Å². The van der Waals surface area contributed by atoms with Gasteiger partial charge in [0.25, 0.3) is 17.5 Å². The third kappa shape index (κ3) is 4.26. The van der Waals surface area contributed by atoms with Gasteiger partial charge in [-0.2, -0.15) is 0 Å². The van der Waals surface area contributed by atoms with E-state index in [1.54, 1.807) is 6.07 Å². The van der Waals surface area contributed by atoms with Crippen LogP contribution in [0.25, 0.3) is 0 Å². The number of nitro benzene ring substituents is 1. The molecule has 1 aliphatic heterocycles. The Labute approximate surface area is 183 Å². The molecule has 1 aromatic heterocycles. The second-order valence-corrected chi connectivity index (χ2v) is 9.04. The number of nitrogens with one attached hydrogen (secondary N) is 1. The minimum Gasteiger partial charge on any atom is -0.378 e. The van der Waals surface area contributed by atoms with E-state index in [1.807, 2.05) is 4.90 Å². The van der Waals surface area contributed by atoms with Crippen LogP contribution in [0.2, 0.25) is 0 Å². The van der Waals surface area contributed by atoms with Crippen LogP contribution in [0.15, 0.2) is 18.2 Å². The Morgan fingerprint density at radius 3 is 2.74 bits per heavy atom. The highest BCUT2D eigenvalue weighted by Gasteiger charge is 2.29. The number of thiophene rings is 1. The standard InChI is InChI=1S/C21H24N4O5S/c1-12-2-4-14-17(10-12)31-21(18(14)19(22)26)23-20(27)15-11-13(25(28)29)3-5-16(15)24-6-8-30-9-7-24/h3,5,11-12H,2,4,6-10H2,1H3,(H2,22,26)(H,23,27). The number of morpholine rings is 1. The average molecular weight is 445 g/mol. The van der Waals surface area contributed by atoms with Gasteiger partial charge in [-0.25, -0.2) is 0 Å². The number of hydrogen-bond acceptors (Lipinski definition) is 7. The summed E-state index contributed by atoms with van der Waals surface area (Å²) in [7, 11) is 0. The van der Waals surface area contributed by atoms with Gasteiger partial charge < -0.3 is 20.7 Å². The van der Waals surface area contributed by atoms with Crippen LogP contribution in [0.4, 0.5) is 16.4 Å². The Morgan fingerprint density at radius 2 is 2.06 bits per heavy atom. The molecule has 31 heavy (non-hydrogen) atoms. The van der Waals surface area contributed by atoms with Crippen LogP contribution in [0.5, 0.6) is 0 Å². The van der Waals surface area contributed by atoms with Crippen molar-refractivity contribution in [3.8, 4) is 0 Å². The molecule has 0 radical (unpaired) electrons. The van der Waals surface area contributed by atoms with Crippen LogP contribution < -0.4 is 16.0 Å². The molecule has 1 saturated heterocycles. The Morgan fingerprint density at radius 1 is 1.32 bits per heavy atom. The minimum absolute atomic E-state index is 0.170. The molecule has 2 aromatic rings. The van der Waals surface area contributed by atoms with Gasteiger partial charge in [0.05, 0.1) is 35.0 Å². The van der Waals surface area contributed by atoms with Crippen molar-refractivity contribution < 1.29 is 19.2 Å². The summed E-state index contributed by atoms with van der Waals surface area (Å²) in [5.41, 5.74) is 7.54. The molecule has 2 heterocycles. The number of non-ortho nitro benzene ring substituents is 1. The summed E-state index contributed by atoms with van der Waals surface area (Å²) in [4.78, 5) is 39.3. The van der Waals surface area contributed by atoms with Crippen molar-refractivity contribution in [2.75, 3.05) is 36.5 Å². The number of nitro groups is 1. The van der Waals surface area contributed by atoms with Gasteiger partial charge in [-0.3, -0.25) is 19.7 Å². The number of fused-ring (bicyclic) bond motifs is 1. The highest BCUT2D eigenvalue weighted by Crippen LogP contribution is 2.40. The molecule has 4 rings (SSSR count). The third-order valence-electron chi connectivity index (χ3n) is 5.77. The normalized spacial score (nSPS) is 18.4. The molecule has 1 fully saturated rings. The van der Waals surface area contributed by atoms with Crippen molar-refractivity contribution in [1.29, 1.82) is 0 Å². The lowest BCUT2D eigenvalue weighted by Crippen LogP contribution is -2.37. The first-order valence-corrected chi connectivity index (χ1v) is 11.0. The van der Waals surface area contributed by atoms with Gasteiger partial charge >= 0.3 is 0 Å². The summed E-state index contributed by atoms with van der Waals surface area (Å²) in [5, 5.41) is 14.5. The monoisotopic (exact) mass is 444 g/mol. The SMILES string of the molecule is CC1CCc2c(sc(NC(=O)c3cc([N+](=O)[O-])ccc3N3CCOCC3)c2C(N)=O)C1. The van der Waals surface area contributed by atoms with Crippen molar-refractivity contribution in [2.24, 2.45) is 11.7 Å². The van der Waals surface area contributed by atoms with Crippen LogP contribution in [0.1, 0.15) is 44.5 Å². The van der Waals surface area contributed by atoms with Crippen molar-refractivity contribution >= 4 is 39.5 Å². The first kappa shape index (κ1) is 21.3. The highest BCUT2D eigenvalue weighted by molar-refractivity contribution is 7.17. The molecule has 1 atom stereocenters. The summed E-state index contributed by atoms with van der Waals surface area (Å²) in [6, 6.07) is 4.26. The maximum atomic E-state index is 13.3. The number of hydrogen-bond donors (Lipinski definition) is 2. The molecule has 2 amide bonds. The molecule has 9 nitrogen and oxygen atoms in total. The van der Waals surface area contributed by atoms with Gasteiger partial charge in [-0.05, 0) is 36.8 Å². The first-order valence-electron chi connectivity index (χ1n) is 10.2. The molecule has 1 aliphatic carbocycles. The predicted molar refractivity (Wildman–Crippen MR) is 118 cm³/mol. The molecular weight excluding hydrogens is 420 g/mol. The number of anilines is 2. The zero-order chi connectivity index (χ0) is 22.1. The van der Waals surface area contributed by atoms with Crippen LogP contribution in [-0.2, 0) is 17.6 Å². The topological polar surface area (TPSA) is 128 Å². The molecule has 164 valence electrons.